The molecule has 138 valence electrons. The molecule has 0 unspecified atom stereocenters. The Balaban J connectivity index is 1.97. The lowest BCUT2D eigenvalue weighted by Crippen LogP contribution is -2.32. The number of rotatable bonds is 6. The van der Waals surface area contributed by atoms with Gasteiger partial charge in [0.15, 0.2) is 5.75 Å². The first-order chi connectivity index (χ1) is 12.4. The van der Waals surface area contributed by atoms with Gasteiger partial charge in [-0.15, -0.1) is 0 Å². The number of fused-ring (bicyclic) bond motifs is 1. The van der Waals surface area contributed by atoms with Gasteiger partial charge in [0, 0.05) is 11.6 Å². The summed E-state index contributed by atoms with van der Waals surface area (Å²) in [5.74, 6) is 1.49. The molecule has 0 radical (unpaired) electrons. The molecule has 0 amide bonds. The molecule has 0 atom stereocenters. The van der Waals surface area contributed by atoms with Crippen molar-refractivity contribution >= 4 is 26.8 Å². The van der Waals surface area contributed by atoms with Gasteiger partial charge in [0.05, 0.1) is 34.0 Å². The zero-order valence-corrected chi connectivity index (χ0v) is 17.2. The summed E-state index contributed by atoms with van der Waals surface area (Å²) >= 11 is 3.61. The Bertz CT molecular complexity index is 912. The van der Waals surface area contributed by atoms with E-state index in [1.165, 1.54) is 0 Å². The minimum atomic E-state index is -0.746. The fraction of sp³-hybridized carbons (Fsp3) is 0.400. The summed E-state index contributed by atoms with van der Waals surface area (Å²) in [6.45, 7) is 8.40. The average molecular weight is 418 g/mol. The van der Waals surface area contributed by atoms with Crippen molar-refractivity contribution in [3.8, 4) is 11.5 Å². The van der Waals surface area contributed by atoms with Gasteiger partial charge in [-0.05, 0) is 66.4 Å². The van der Waals surface area contributed by atoms with Crippen LogP contribution in [0.5, 0.6) is 11.5 Å². The molecule has 0 bridgehead atoms. The van der Waals surface area contributed by atoms with E-state index >= 15 is 0 Å². The molecule has 0 aliphatic heterocycles. The average Bonchev–Trinajstić information content (AvgIpc) is 2.99. The molecule has 0 saturated heterocycles. The van der Waals surface area contributed by atoms with Crippen molar-refractivity contribution < 1.29 is 9.84 Å². The van der Waals surface area contributed by atoms with E-state index in [-0.39, 0.29) is 0 Å². The van der Waals surface area contributed by atoms with Crippen molar-refractivity contribution in [3.05, 3.63) is 46.3 Å². The van der Waals surface area contributed by atoms with Gasteiger partial charge in [0.2, 0.25) is 0 Å². The number of halogens is 1. The molecule has 3 rings (SSSR count). The van der Waals surface area contributed by atoms with Gasteiger partial charge in [-0.1, -0.05) is 13.8 Å². The lowest BCUT2D eigenvalue weighted by Gasteiger charge is -2.25. The molecule has 2 heterocycles. The number of aryl methyl sites for hydroxylation is 2. The predicted octanol–water partition coefficient (Wildman–Crippen LogP) is 5.15. The molecular formula is C20H24BrN3O2. The number of hydrogen-bond donors (Lipinski definition) is 1. The van der Waals surface area contributed by atoms with E-state index < -0.39 is 5.60 Å². The zero-order chi connectivity index (χ0) is 18.9. The van der Waals surface area contributed by atoms with Crippen LogP contribution in [0.4, 0.5) is 0 Å². The zero-order valence-electron chi connectivity index (χ0n) is 15.6. The van der Waals surface area contributed by atoms with Gasteiger partial charge < -0.3 is 9.84 Å². The van der Waals surface area contributed by atoms with Crippen LogP contribution in [0.2, 0.25) is 0 Å². The number of nitrogens with zero attached hydrogens (tertiary/aromatic N) is 3. The van der Waals surface area contributed by atoms with Crippen LogP contribution in [-0.4, -0.2) is 25.5 Å². The Morgan fingerprint density at radius 2 is 1.96 bits per heavy atom. The van der Waals surface area contributed by atoms with Crippen LogP contribution in [0.3, 0.4) is 0 Å². The number of pyridine rings is 1. The molecule has 1 N–H and O–H groups in total. The quantitative estimate of drug-likeness (QED) is 0.601. The molecular weight excluding hydrogens is 394 g/mol. The second-order valence-corrected chi connectivity index (χ2v) is 7.57. The molecule has 0 aliphatic carbocycles. The summed E-state index contributed by atoms with van der Waals surface area (Å²) in [4.78, 5) is 4.31. The number of benzene rings is 1. The normalized spacial score (nSPS) is 11.9. The third kappa shape index (κ3) is 3.62. The van der Waals surface area contributed by atoms with E-state index in [1.54, 1.807) is 6.20 Å². The Morgan fingerprint density at radius 1 is 1.23 bits per heavy atom. The molecule has 2 aromatic heterocycles. The maximum atomic E-state index is 10.6. The SMILES string of the molecule is CCC(O)(CC)Cn1ncc2cc(Oc3c(C)ccnc3C)c(Br)cc21. The molecule has 0 aliphatic rings. The monoisotopic (exact) mass is 417 g/mol. The summed E-state index contributed by atoms with van der Waals surface area (Å²) in [6, 6.07) is 5.89. The van der Waals surface area contributed by atoms with Crippen LogP contribution in [-0.2, 0) is 6.54 Å². The van der Waals surface area contributed by atoms with Crippen LogP contribution in [0, 0.1) is 13.8 Å². The minimum Gasteiger partial charge on any atom is -0.454 e. The molecule has 0 spiro atoms. The van der Waals surface area contributed by atoms with Gasteiger partial charge in [-0.2, -0.15) is 5.10 Å². The lowest BCUT2D eigenvalue weighted by atomic mass is 9.98. The number of aliphatic hydroxyl groups is 1. The second-order valence-electron chi connectivity index (χ2n) is 6.72. The standard InChI is InChI=1S/C20H24BrN3O2/c1-5-20(25,6-2)12-24-17-10-16(21)18(9-15(17)11-23-24)26-19-13(3)7-8-22-14(19)4/h7-11,25H,5-6,12H2,1-4H3. The lowest BCUT2D eigenvalue weighted by molar-refractivity contribution is 0.0131. The minimum absolute atomic E-state index is 0.469. The van der Waals surface area contributed by atoms with E-state index in [0.717, 1.165) is 38.1 Å². The fourth-order valence-electron chi connectivity index (χ4n) is 2.98. The largest absolute Gasteiger partial charge is 0.454 e. The number of ether oxygens (including phenoxy) is 1. The van der Waals surface area contributed by atoms with Crippen molar-refractivity contribution in [2.45, 2.75) is 52.7 Å². The topological polar surface area (TPSA) is 60.2 Å². The Labute approximate surface area is 162 Å². The summed E-state index contributed by atoms with van der Waals surface area (Å²) < 4.78 is 8.83. The van der Waals surface area contributed by atoms with Crippen LogP contribution in [0.15, 0.2) is 35.1 Å². The van der Waals surface area contributed by atoms with Gasteiger partial charge >= 0.3 is 0 Å². The summed E-state index contributed by atoms with van der Waals surface area (Å²) in [7, 11) is 0. The first-order valence-corrected chi connectivity index (χ1v) is 9.63. The van der Waals surface area contributed by atoms with Crippen molar-refractivity contribution in [2.75, 3.05) is 0 Å². The van der Waals surface area contributed by atoms with E-state index in [0.29, 0.717) is 19.4 Å². The van der Waals surface area contributed by atoms with E-state index in [4.69, 9.17) is 4.74 Å². The predicted molar refractivity (Wildman–Crippen MR) is 107 cm³/mol. The second kappa shape index (κ2) is 7.37. The molecule has 0 fully saturated rings. The molecule has 6 heteroatoms. The molecule has 0 saturated carbocycles. The maximum absolute atomic E-state index is 10.6. The van der Waals surface area contributed by atoms with Crippen LogP contribution >= 0.6 is 15.9 Å². The highest BCUT2D eigenvalue weighted by atomic mass is 79.9. The van der Waals surface area contributed by atoms with Crippen LogP contribution in [0.25, 0.3) is 10.9 Å². The highest BCUT2D eigenvalue weighted by Gasteiger charge is 2.24. The Hall–Kier alpha value is -1.92. The summed E-state index contributed by atoms with van der Waals surface area (Å²) in [6.07, 6.45) is 4.96. The van der Waals surface area contributed by atoms with E-state index in [2.05, 4.69) is 26.0 Å². The van der Waals surface area contributed by atoms with Crippen molar-refractivity contribution in [3.63, 3.8) is 0 Å². The fourth-order valence-corrected chi connectivity index (χ4v) is 3.39. The van der Waals surface area contributed by atoms with Crippen LogP contribution in [0.1, 0.15) is 37.9 Å². The van der Waals surface area contributed by atoms with Crippen molar-refractivity contribution in [1.29, 1.82) is 0 Å². The summed E-state index contributed by atoms with van der Waals surface area (Å²) in [5.41, 5.74) is 2.11. The maximum Gasteiger partial charge on any atom is 0.151 e. The van der Waals surface area contributed by atoms with Gasteiger partial charge in [-0.25, -0.2) is 0 Å². The van der Waals surface area contributed by atoms with E-state index in [1.807, 2.05) is 56.8 Å². The summed E-state index contributed by atoms with van der Waals surface area (Å²) in [5, 5.41) is 16.1. The van der Waals surface area contributed by atoms with Gasteiger partial charge in [0.1, 0.15) is 5.75 Å². The van der Waals surface area contributed by atoms with Crippen molar-refractivity contribution in [2.24, 2.45) is 0 Å². The number of hydrogen-bond acceptors (Lipinski definition) is 4. The first kappa shape index (κ1) is 18.9. The smallest absolute Gasteiger partial charge is 0.151 e. The van der Waals surface area contributed by atoms with Crippen molar-refractivity contribution in [1.82, 2.24) is 14.8 Å². The van der Waals surface area contributed by atoms with E-state index in [9.17, 15) is 5.11 Å². The Kier molecular flexibility index (Phi) is 5.34. The third-order valence-corrected chi connectivity index (χ3v) is 5.57. The van der Waals surface area contributed by atoms with Gasteiger partial charge in [0.25, 0.3) is 0 Å². The third-order valence-electron chi connectivity index (χ3n) is 4.95. The molecule has 1 aromatic carbocycles. The molecule has 26 heavy (non-hydrogen) atoms. The highest BCUT2D eigenvalue weighted by Crippen LogP contribution is 2.36. The molecule has 5 nitrogen and oxygen atoms in total. The molecule has 3 aromatic rings. The van der Waals surface area contributed by atoms with Gasteiger partial charge in [-0.3, -0.25) is 9.67 Å². The first-order valence-electron chi connectivity index (χ1n) is 8.84. The number of aromatic nitrogens is 3. The highest BCUT2D eigenvalue weighted by molar-refractivity contribution is 9.10. The van der Waals surface area contributed by atoms with Crippen LogP contribution < -0.4 is 4.74 Å². The Morgan fingerprint density at radius 3 is 2.62 bits per heavy atom.